The second-order valence-corrected chi connectivity index (χ2v) is 5.04. The zero-order chi connectivity index (χ0) is 13.2. The first kappa shape index (κ1) is 12.1. The van der Waals surface area contributed by atoms with Gasteiger partial charge >= 0.3 is 0 Å². The molecule has 4 nitrogen and oxygen atoms in total. The molecule has 0 atom stereocenters. The van der Waals surface area contributed by atoms with Crippen LogP contribution in [0, 0.1) is 6.92 Å². The van der Waals surface area contributed by atoms with E-state index in [1.807, 2.05) is 18.6 Å². The summed E-state index contributed by atoms with van der Waals surface area (Å²) >= 11 is 0. The van der Waals surface area contributed by atoms with Gasteiger partial charge in [0, 0.05) is 43.3 Å². The maximum absolute atomic E-state index is 4.64. The molecule has 1 aliphatic rings. The largest absolute Gasteiger partial charge is 0.339 e. The van der Waals surface area contributed by atoms with Gasteiger partial charge in [-0.3, -0.25) is 4.98 Å². The Kier molecular flexibility index (Phi) is 3.15. The van der Waals surface area contributed by atoms with E-state index < -0.39 is 0 Å². The summed E-state index contributed by atoms with van der Waals surface area (Å²) in [6.07, 6.45) is 6.61. The molecule has 0 saturated carbocycles. The molecule has 19 heavy (non-hydrogen) atoms. The normalized spacial score (nSPS) is 15.4. The number of aryl methyl sites for hydroxylation is 2. The van der Waals surface area contributed by atoms with Crippen LogP contribution in [0.2, 0.25) is 0 Å². The molecule has 4 heteroatoms. The van der Waals surface area contributed by atoms with Gasteiger partial charge in [-0.05, 0) is 36.6 Å². The third-order valence-corrected chi connectivity index (χ3v) is 3.74. The first-order chi connectivity index (χ1) is 9.28. The molecular formula is C15H18N4. The number of pyridine rings is 1. The Morgan fingerprint density at radius 3 is 2.68 bits per heavy atom. The van der Waals surface area contributed by atoms with Crippen molar-refractivity contribution in [3.8, 4) is 0 Å². The van der Waals surface area contributed by atoms with Crippen LogP contribution >= 0.6 is 0 Å². The highest BCUT2D eigenvalue weighted by atomic mass is 15.3. The molecule has 2 aromatic rings. The van der Waals surface area contributed by atoms with Gasteiger partial charge in [0.05, 0.1) is 0 Å². The lowest BCUT2D eigenvalue weighted by molar-refractivity contribution is 0.512. The molecule has 0 unspecified atom stereocenters. The number of hydrogen-bond acceptors (Lipinski definition) is 4. The summed E-state index contributed by atoms with van der Waals surface area (Å²) < 4.78 is 0. The van der Waals surface area contributed by atoms with Crippen molar-refractivity contribution in [1.29, 1.82) is 0 Å². The predicted molar refractivity (Wildman–Crippen MR) is 75.3 cm³/mol. The smallest absolute Gasteiger partial charge is 0.225 e. The van der Waals surface area contributed by atoms with E-state index in [1.165, 1.54) is 11.1 Å². The highest BCUT2D eigenvalue weighted by molar-refractivity contribution is 5.40. The van der Waals surface area contributed by atoms with Gasteiger partial charge in [-0.2, -0.15) is 0 Å². The first-order valence-electron chi connectivity index (χ1n) is 6.75. The first-order valence-corrected chi connectivity index (χ1v) is 6.75. The molecule has 0 N–H and O–H groups in total. The molecule has 3 heterocycles. The van der Waals surface area contributed by atoms with Crippen molar-refractivity contribution in [3.05, 3.63) is 47.5 Å². The Morgan fingerprint density at radius 1 is 1.26 bits per heavy atom. The van der Waals surface area contributed by atoms with E-state index in [2.05, 4.69) is 45.8 Å². The quantitative estimate of drug-likeness (QED) is 0.843. The fourth-order valence-corrected chi connectivity index (χ4v) is 2.47. The number of nitrogens with zero attached hydrogens (tertiary/aromatic N) is 4. The summed E-state index contributed by atoms with van der Waals surface area (Å²) in [6.45, 7) is 6.19. The van der Waals surface area contributed by atoms with Crippen LogP contribution in [0.1, 0.15) is 29.7 Å². The van der Waals surface area contributed by atoms with Crippen molar-refractivity contribution >= 4 is 5.95 Å². The third kappa shape index (κ3) is 2.30. The number of anilines is 1. The summed E-state index contributed by atoms with van der Waals surface area (Å²) in [4.78, 5) is 15.4. The number of hydrogen-bond donors (Lipinski definition) is 0. The van der Waals surface area contributed by atoms with E-state index >= 15 is 0 Å². The number of aromatic nitrogens is 3. The Bertz CT molecular complexity index is 562. The van der Waals surface area contributed by atoms with Crippen molar-refractivity contribution < 1.29 is 0 Å². The van der Waals surface area contributed by atoms with Crippen LogP contribution in [0.25, 0.3) is 0 Å². The molecule has 1 aliphatic heterocycles. The van der Waals surface area contributed by atoms with E-state index in [1.54, 1.807) is 0 Å². The average Bonchev–Trinajstić information content (AvgIpc) is 2.40. The highest BCUT2D eigenvalue weighted by Gasteiger charge is 2.29. The zero-order valence-electron chi connectivity index (χ0n) is 11.4. The van der Waals surface area contributed by atoms with Crippen LogP contribution in [-0.2, 0) is 6.42 Å². The van der Waals surface area contributed by atoms with Crippen LogP contribution < -0.4 is 4.90 Å². The van der Waals surface area contributed by atoms with E-state index in [-0.39, 0.29) is 0 Å². The van der Waals surface area contributed by atoms with Gasteiger partial charge in [0.25, 0.3) is 0 Å². The minimum atomic E-state index is 0.581. The Labute approximate surface area is 113 Å². The van der Waals surface area contributed by atoms with Gasteiger partial charge in [-0.25, -0.2) is 9.97 Å². The molecule has 2 aromatic heterocycles. The maximum Gasteiger partial charge on any atom is 0.225 e. The minimum Gasteiger partial charge on any atom is -0.339 e. The molecule has 1 saturated heterocycles. The lowest BCUT2D eigenvalue weighted by Crippen LogP contribution is -2.46. The summed E-state index contributed by atoms with van der Waals surface area (Å²) in [5.41, 5.74) is 3.68. The summed E-state index contributed by atoms with van der Waals surface area (Å²) in [7, 11) is 0. The molecule has 3 rings (SSSR count). The monoisotopic (exact) mass is 254 g/mol. The van der Waals surface area contributed by atoms with Crippen LogP contribution in [-0.4, -0.2) is 28.0 Å². The molecule has 1 fully saturated rings. The Hall–Kier alpha value is -1.97. The Morgan fingerprint density at radius 2 is 2.00 bits per heavy atom. The van der Waals surface area contributed by atoms with Gasteiger partial charge in [0.1, 0.15) is 0 Å². The van der Waals surface area contributed by atoms with Crippen LogP contribution in [0.3, 0.4) is 0 Å². The fraction of sp³-hybridized carbons (Fsp3) is 0.400. The summed E-state index contributed by atoms with van der Waals surface area (Å²) in [6, 6.07) is 4.19. The molecule has 98 valence electrons. The van der Waals surface area contributed by atoms with E-state index in [0.29, 0.717) is 5.92 Å². The fourth-order valence-electron chi connectivity index (χ4n) is 2.47. The topological polar surface area (TPSA) is 41.9 Å². The zero-order valence-corrected chi connectivity index (χ0v) is 11.4. The molecular weight excluding hydrogens is 236 g/mol. The van der Waals surface area contributed by atoms with Gasteiger partial charge in [0.15, 0.2) is 0 Å². The second kappa shape index (κ2) is 4.96. The minimum absolute atomic E-state index is 0.581. The van der Waals surface area contributed by atoms with Crippen LogP contribution in [0.4, 0.5) is 5.95 Å². The lowest BCUT2D eigenvalue weighted by Gasteiger charge is -2.39. The van der Waals surface area contributed by atoms with E-state index in [9.17, 15) is 0 Å². The molecule has 0 aliphatic carbocycles. The van der Waals surface area contributed by atoms with Gasteiger partial charge in [-0.1, -0.05) is 6.92 Å². The average molecular weight is 254 g/mol. The predicted octanol–water partition coefficient (Wildman–Crippen LogP) is 2.35. The third-order valence-electron chi connectivity index (χ3n) is 3.74. The molecule has 0 amide bonds. The van der Waals surface area contributed by atoms with Gasteiger partial charge < -0.3 is 4.90 Å². The molecule has 0 aromatic carbocycles. The van der Waals surface area contributed by atoms with Crippen molar-refractivity contribution in [2.45, 2.75) is 26.2 Å². The van der Waals surface area contributed by atoms with Crippen LogP contribution in [0.15, 0.2) is 30.7 Å². The maximum atomic E-state index is 4.64. The van der Waals surface area contributed by atoms with Crippen molar-refractivity contribution in [2.24, 2.45) is 0 Å². The molecule has 0 radical (unpaired) electrons. The molecule has 0 bridgehead atoms. The second-order valence-electron chi connectivity index (χ2n) is 5.04. The summed E-state index contributed by atoms with van der Waals surface area (Å²) in [5, 5.41) is 0. The van der Waals surface area contributed by atoms with Gasteiger partial charge in [0.2, 0.25) is 5.95 Å². The van der Waals surface area contributed by atoms with Crippen LogP contribution in [0.5, 0.6) is 0 Å². The van der Waals surface area contributed by atoms with Crippen molar-refractivity contribution in [1.82, 2.24) is 15.0 Å². The van der Waals surface area contributed by atoms with Gasteiger partial charge in [-0.15, -0.1) is 0 Å². The number of rotatable bonds is 3. The molecule has 0 spiro atoms. The van der Waals surface area contributed by atoms with Crippen molar-refractivity contribution in [2.75, 3.05) is 18.0 Å². The van der Waals surface area contributed by atoms with E-state index in [0.717, 1.165) is 31.2 Å². The lowest BCUT2D eigenvalue weighted by atomic mass is 9.93. The highest BCUT2D eigenvalue weighted by Crippen LogP contribution is 2.29. The standard InChI is InChI=1S/C15H18N4/c1-3-14-11(2)8-17-15(18-14)19-9-13(10-19)12-4-6-16-7-5-12/h4-8,13H,3,9-10H2,1-2H3. The SMILES string of the molecule is CCc1nc(N2CC(c3ccncc3)C2)ncc1C. The Balaban J connectivity index is 1.71. The summed E-state index contributed by atoms with van der Waals surface area (Å²) in [5.74, 6) is 1.45. The van der Waals surface area contributed by atoms with Crippen molar-refractivity contribution in [3.63, 3.8) is 0 Å². The van der Waals surface area contributed by atoms with E-state index in [4.69, 9.17) is 0 Å².